The van der Waals surface area contributed by atoms with Gasteiger partial charge in [-0.15, -0.1) is 5.10 Å². The van der Waals surface area contributed by atoms with Gasteiger partial charge in [0.2, 0.25) is 11.9 Å². The number of fused-ring (bicyclic) bond motifs is 2. The Morgan fingerprint density at radius 1 is 1.02 bits per heavy atom. The van der Waals surface area contributed by atoms with Crippen LogP contribution in [-0.4, -0.2) is 71.9 Å². The summed E-state index contributed by atoms with van der Waals surface area (Å²) < 4.78 is 7.87. The summed E-state index contributed by atoms with van der Waals surface area (Å²) in [5.74, 6) is 2.83. The molecule has 3 aromatic heterocycles. The highest BCUT2D eigenvalue weighted by Crippen LogP contribution is 2.31. The summed E-state index contributed by atoms with van der Waals surface area (Å²) in [5.41, 5.74) is 4.80. The van der Waals surface area contributed by atoms with Gasteiger partial charge in [-0.3, -0.25) is 4.79 Å². The summed E-state index contributed by atoms with van der Waals surface area (Å²) in [4.78, 5) is 34.4. The number of amides is 1. The van der Waals surface area contributed by atoms with E-state index in [0.717, 1.165) is 34.5 Å². The van der Waals surface area contributed by atoms with Crippen LogP contribution in [0, 0.1) is 6.92 Å². The summed E-state index contributed by atoms with van der Waals surface area (Å²) in [6.45, 7) is 6.71. The van der Waals surface area contributed by atoms with Gasteiger partial charge in [0.1, 0.15) is 34.4 Å². The quantitative estimate of drug-likeness (QED) is 0.325. The highest BCUT2D eigenvalue weighted by Gasteiger charge is 2.22. The van der Waals surface area contributed by atoms with Crippen LogP contribution in [0.15, 0.2) is 48.9 Å². The Morgan fingerprint density at radius 3 is 2.67 bits per heavy atom. The van der Waals surface area contributed by atoms with E-state index in [4.69, 9.17) is 9.72 Å². The number of nitrogens with one attached hydrogen (secondary N) is 1. The molecule has 204 valence electrons. The van der Waals surface area contributed by atoms with E-state index < -0.39 is 0 Å². The Hall–Kier alpha value is -4.87. The Morgan fingerprint density at radius 2 is 1.88 bits per heavy atom. The molecule has 1 N–H and O–H groups in total. The molecule has 0 unspecified atom stereocenters. The third-order valence-corrected chi connectivity index (χ3v) is 6.99. The van der Waals surface area contributed by atoms with Crippen molar-refractivity contribution in [3.05, 3.63) is 54.5 Å². The fraction of sp³-hybridized carbons (Fsp3) is 0.321. The van der Waals surface area contributed by atoms with Crippen molar-refractivity contribution in [3.63, 3.8) is 0 Å². The monoisotopic (exact) mass is 538 g/mol. The fourth-order valence-electron chi connectivity index (χ4n) is 4.81. The molecule has 12 heteroatoms. The number of piperazine rings is 1. The zero-order valence-corrected chi connectivity index (χ0v) is 22.7. The van der Waals surface area contributed by atoms with Crippen LogP contribution < -0.4 is 15.0 Å². The normalized spacial score (nSPS) is 13.7. The molecular weight excluding hydrogens is 508 g/mol. The SMILES string of the molecule is CCCC(=O)N1CCN(c2ncc3ncnc(Nc4ccc(Oc5ccc6c(c5)nnn6C)c(C)c4)c3n2)CC1. The van der Waals surface area contributed by atoms with Crippen molar-refractivity contribution < 1.29 is 9.53 Å². The van der Waals surface area contributed by atoms with Crippen molar-refractivity contribution in [1.29, 1.82) is 0 Å². The Bertz CT molecular complexity index is 1690. The first-order valence-electron chi connectivity index (χ1n) is 13.3. The third kappa shape index (κ3) is 5.07. The van der Waals surface area contributed by atoms with Gasteiger partial charge < -0.3 is 19.9 Å². The second-order valence-electron chi connectivity index (χ2n) is 9.81. The smallest absolute Gasteiger partial charge is 0.226 e. The molecule has 1 amide bonds. The molecule has 40 heavy (non-hydrogen) atoms. The van der Waals surface area contributed by atoms with Crippen LogP contribution in [-0.2, 0) is 11.8 Å². The van der Waals surface area contributed by atoms with Crippen LogP contribution in [0.2, 0.25) is 0 Å². The number of hydrogen-bond acceptors (Lipinski definition) is 10. The predicted molar refractivity (Wildman–Crippen MR) is 152 cm³/mol. The van der Waals surface area contributed by atoms with E-state index in [-0.39, 0.29) is 5.91 Å². The standard InChI is InChI=1S/C28H30N10O2/c1-4-5-25(39)37-10-12-38(13-11-37)28-29-16-22-26(33-28)27(31-17-30-22)32-19-6-9-24(18(2)14-19)40-20-7-8-23-21(15-20)34-35-36(23)3/h6-9,14-17H,4-5,10-13H2,1-3H3,(H,30,31,32). The van der Waals surface area contributed by atoms with Crippen LogP contribution in [0.4, 0.5) is 17.5 Å². The van der Waals surface area contributed by atoms with Crippen LogP contribution in [0.5, 0.6) is 11.5 Å². The number of hydrogen-bond donors (Lipinski definition) is 1. The number of aryl methyl sites for hydroxylation is 2. The number of carbonyl (C=O) groups is 1. The second-order valence-corrected chi connectivity index (χ2v) is 9.81. The maximum absolute atomic E-state index is 12.3. The first-order chi connectivity index (χ1) is 19.5. The minimum Gasteiger partial charge on any atom is -0.457 e. The lowest BCUT2D eigenvalue weighted by atomic mass is 10.2. The molecule has 0 atom stereocenters. The van der Waals surface area contributed by atoms with Gasteiger partial charge >= 0.3 is 0 Å². The molecule has 1 aliphatic rings. The highest BCUT2D eigenvalue weighted by molar-refractivity contribution is 5.87. The fourth-order valence-corrected chi connectivity index (χ4v) is 4.81. The number of carbonyl (C=O) groups excluding carboxylic acids is 1. The Kier molecular flexibility index (Phi) is 6.81. The van der Waals surface area contributed by atoms with Gasteiger partial charge in [-0.2, -0.15) is 0 Å². The van der Waals surface area contributed by atoms with E-state index in [1.807, 2.05) is 62.2 Å². The van der Waals surface area contributed by atoms with Crippen molar-refractivity contribution >= 4 is 45.4 Å². The molecule has 5 aromatic rings. The van der Waals surface area contributed by atoms with Gasteiger partial charge in [0, 0.05) is 51.4 Å². The molecule has 6 rings (SSSR count). The molecule has 0 saturated carbocycles. The maximum Gasteiger partial charge on any atom is 0.226 e. The van der Waals surface area contributed by atoms with E-state index in [9.17, 15) is 4.79 Å². The number of benzene rings is 2. The lowest BCUT2D eigenvalue weighted by Crippen LogP contribution is -2.49. The molecule has 0 radical (unpaired) electrons. The van der Waals surface area contributed by atoms with E-state index in [2.05, 4.69) is 35.5 Å². The number of anilines is 3. The summed E-state index contributed by atoms with van der Waals surface area (Å²) in [6.07, 6.45) is 4.66. The van der Waals surface area contributed by atoms with Crippen molar-refractivity contribution in [2.24, 2.45) is 7.05 Å². The Balaban J connectivity index is 1.19. The minimum atomic E-state index is 0.208. The molecule has 1 aliphatic heterocycles. The average Bonchev–Trinajstić information content (AvgIpc) is 3.34. The van der Waals surface area contributed by atoms with Crippen molar-refractivity contribution in [1.82, 2.24) is 39.8 Å². The van der Waals surface area contributed by atoms with Crippen LogP contribution in [0.3, 0.4) is 0 Å². The predicted octanol–water partition coefficient (Wildman–Crippen LogP) is 3.99. The van der Waals surface area contributed by atoms with Crippen LogP contribution in [0.1, 0.15) is 25.3 Å². The summed E-state index contributed by atoms with van der Waals surface area (Å²) in [7, 11) is 1.86. The molecule has 12 nitrogen and oxygen atoms in total. The van der Waals surface area contributed by atoms with E-state index in [1.165, 1.54) is 6.33 Å². The minimum absolute atomic E-state index is 0.208. The van der Waals surface area contributed by atoms with Crippen LogP contribution >= 0.6 is 0 Å². The number of aromatic nitrogens is 7. The van der Waals surface area contributed by atoms with E-state index in [0.29, 0.717) is 61.1 Å². The molecule has 4 heterocycles. The third-order valence-electron chi connectivity index (χ3n) is 6.99. The number of nitrogens with zero attached hydrogens (tertiary/aromatic N) is 9. The number of rotatable bonds is 7. The average molecular weight is 539 g/mol. The highest BCUT2D eigenvalue weighted by atomic mass is 16.5. The summed E-state index contributed by atoms with van der Waals surface area (Å²) in [6, 6.07) is 11.6. The van der Waals surface area contributed by atoms with Gasteiger partial charge in [0.15, 0.2) is 5.82 Å². The maximum atomic E-state index is 12.3. The van der Waals surface area contributed by atoms with E-state index >= 15 is 0 Å². The lowest BCUT2D eigenvalue weighted by molar-refractivity contribution is -0.131. The van der Waals surface area contributed by atoms with Gasteiger partial charge in [-0.1, -0.05) is 12.1 Å². The molecular formula is C28H30N10O2. The lowest BCUT2D eigenvalue weighted by Gasteiger charge is -2.34. The van der Waals surface area contributed by atoms with Crippen molar-refractivity contribution in [2.75, 3.05) is 36.4 Å². The molecule has 0 spiro atoms. The molecule has 1 saturated heterocycles. The zero-order chi connectivity index (χ0) is 27.6. The van der Waals surface area contributed by atoms with Crippen molar-refractivity contribution in [2.45, 2.75) is 26.7 Å². The van der Waals surface area contributed by atoms with Crippen LogP contribution in [0.25, 0.3) is 22.1 Å². The second kappa shape index (κ2) is 10.7. The first kappa shape index (κ1) is 25.4. The molecule has 2 aromatic carbocycles. The van der Waals surface area contributed by atoms with E-state index in [1.54, 1.807) is 10.9 Å². The van der Waals surface area contributed by atoms with Gasteiger partial charge in [0.25, 0.3) is 0 Å². The molecule has 0 aliphatic carbocycles. The van der Waals surface area contributed by atoms with Gasteiger partial charge in [-0.25, -0.2) is 24.6 Å². The van der Waals surface area contributed by atoms with Gasteiger partial charge in [0.05, 0.1) is 11.7 Å². The number of ether oxygens (including phenoxy) is 1. The molecule has 1 fully saturated rings. The largest absolute Gasteiger partial charge is 0.457 e. The summed E-state index contributed by atoms with van der Waals surface area (Å²) in [5, 5.41) is 11.6. The molecule has 0 bridgehead atoms. The van der Waals surface area contributed by atoms with Gasteiger partial charge in [-0.05, 0) is 49.2 Å². The zero-order valence-electron chi connectivity index (χ0n) is 22.7. The topological polar surface area (TPSA) is 127 Å². The van der Waals surface area contributed by atoms with Crippen molar-refractivity contribution in [3.8, 4) is 11.5 Å². The first-order valence-corrected chi connectivity index (χ1v) is 13.3. The Labute approximate surface area is 231 Å². The summed E-state index contributed by atoms with van der Waals surface area (Å²) >= 11 is 0.